The van der Waals surface area contributed by atoms with E-state index in [4.69, 9.17) is 15.6 Å². The summed E-state index contributed by atoms with van der Waals surface area (Å²) in [5.74, 6) is -2.07. The van der Waals surface area contributed by atoms with Gasteiger partial charge >= 0.3 is 5.97 Å². The predicted octanol–water partition coefficient (Wildman–Crippen LogP) is -0.289. The Morgan fingerprint density at radius 2 is 2.00 bits per heavy atom. The van der Waals surface area contributed by atoms with Gasteiger partial charge in [0.05, 0.1) is 18.7 Å². The van der Waals surface area contributed by atoms with Crippen LogP contribution in [-0.2, 0) is 9.53 Å². The number of benzene rings is 1. The lowest BCUT2D eigenvalue weighted by Gasteiger charge is -2.31. The number of morpholine rings is 1. The van der Waals surface area contributed by atoms with E-state index >= 15 is 0 Å². The number of nitrogens with two attached hydrogens (primary N) is 1. The standard InChI is InChI=1S/C13H14N2O5/c14-11(16)10-7-15(4-5-20-10)12(17)8-2-1-3-9(6-8)13(18)19/h1-3,6,10H,4-5,7H2,(H2,14,16)(H,18,19). The third-order valence-corrected chi connectivity index (χ3v) is 3.03. The minimum atomic E-state index is -1.10. The Morgan fingerprint density at radius 1 is 1.30 bits per heavy atom. The number of ether oxygens (including phenoxy) is 1. The average molecular weight is 278 g/mol. The molecule has 1 fully saturated rings. The highest BCUT2D eigenvalue weighted by Gasteiger charge is 2.28. The molecule has 1 atom stereocenters. The number of amides is 2. The summed E-state index contributed by atoms with van der Waals surface area (Å²) in [6.45, 7) is 0.628. The zero-order chi connectivity index (χ0) is 14.7. The molecule has 1 saturated heterocycles. The highest BCUT2D eigenvalue weighted by molar-refractivity contribution is 5.97. The molecule has 1 aromatic rings. The zero-order valence-electron chi connectivity index (χ0n) is 10.6. The van der Waals surface area contributed by atoms with Crippen LogP contribution in [0.3, 0.4) is 0 Å². The maximum Gasteiger partial charge on any atom is 0.335 e. The maximum absolute atomic E-state index is 12.3. The Hall–Kier alpha value is -2.41. The summed E-state index contributed by atoms with van der Waals surface area (Å²) in [4.78, 5) is 35.7. The van der Waals surface area contributed by atoms with E-state index in [1.807, 2.05) is 0 Å². The van der Waals surface area contributed by atoms with Gasteiger partial charge in [-0.2, -0.15) is 0 Å². The summed E-state index contributed by atoms with van der Waals surface area (Å²) in [7, 11) is 0. The van der Waals surface area contributed by atoms with Crippen molar-refractivity contribution >= 4 is 17.8 Å². The van der Waals surface area contributed by atoms with Gasteiger partial charge in [0, 0.05) is 12.1 Å². The van der Waals surface area contributed by atoms with Crippen molar-refractivity contribution in [1.82, 2.24) is 4.90 Å². The van der Waals surface area contributed by atoms with Crippen molar-refractivity contribution in [2.24, 2.45) is 5.73 Å². The molecule has 7 heteroatoms. The summed E-state index contributed by atoms with van der Waals surface area (Å²) in [6, 6.07) is 5.75. The number of aromatic carboxylic acids is 1. The Kier molecular flexibility index (Phi) is 3.99. The Morgan fingerprint density at radius 3 is 2.65 bits per heavy atom. The number of hydrogen-bond acceptors (Lipinski definition) is 4. The largest absolute Gasteiger partial charge is 0.478 e. The van der Waals surface area contributed by atoms with Crippen molar-refractivity contribution in [2.45, 2.75) is 6.10 Å². The van der Waals surface area contributed by atoms with Crippen molar-refractivity contribution in [1.29, 1.82) is 0 Å². The number of primary amides is 1. The van der Waals surface area contributed by atoms with Crippen molar-refractivity contribution in [2.75, 3.05) is 19.7 Å². The summed E-state index contributed by atoms with van der Waals surface area (Å²) < 4.78 is 5.16. The molecular weight excluding hydrogens is 264 g/mol. The van der Waals surface area contributed by atoms with Gasteiger partial charge in [0.2, 0.25) is 5.91 Å². The second-order valence-electron chi connectivity index (χ2n) is 4.40. The monoisotopic (exact) mass is 278 g/mol. The van der Waals surface area contributed by atoms with Gasteiger partial charge in [-0.3, -0.25) is 9.59 Å². The maximum atomic E-state index is 12.3. The van der Waals surface area contributed by atoms with Crippen LogP contribution in [0, 0.1) is 0 Å². The molecule has 2 rings (SSSR count). The van der Waals surface area contributed by atoms with Crippen LogP contribution in [0.15, 0.2) is 24.3 Å². The average Bonchev–Trinajstić information content (AvgIpc) is 2.46. The number of carbonyl (C=O) groups excluding carboxylic acids is 2. The van der Waals surface area contributed by atoms with Gasteiger partial charge in [0.1, 0.15) is 0 Å². The number of carboxylic acids is 1. The minimum Gasteiger partial charge on any atom is -0.478 e. The summed E-state index contributed by atoms with van der Waals surface area (Å²) >= 11 is 0. The summed E-state index contributed by atoms with van der Waals surface area (Å²) in [5.41, 5.74) is 5.45. The molecule has 1 aliphatic rings. The van der Waals surface area contributed by atoms with Crippen LogP contribution in [0.5, 0.6) is 0 Å². The van der Waals surface area contributed by atoms with E-state index in [0.717, 1.165) is 0 Å². The van der Waals surface area contributed by atoms with Gasteiger partial charge in [-0.15, -0.1) is 0 Å². The smallest absolute Gasteiger partial charge is 0.335 e. The Balaban J connectivity index is 2.16. The Bertz CT molecular complexity index is 557. The lowest BCUT2D eigenvalue weighted by molar-refractivity contribution is -0.133. The summed E-state index contributed by atoms with van der Waals surface area (Å²) in [5, 5.41) is 8.91. The van der Waals surface area contributed by atoms with E-state index < -0.39 is 18.0 Å². The number of rotatable bonds is 3. The molecule has 7 nitrogen and oxygen atoms in total. The van der Waals surface area contributed by atoms with Gasteiger partial charge in [-0.25, -0.2) is 4.79 Å². The molecule has 2 amide bonds. The first-order chi connectivity index (χ1) is 9.49. The molecule has 0 saturated carbocycles. The van der Waals surface area contributed by atoms with Gasteiger partial charge in [0.15, 0.2) is 6.10 Å². The molecule has 106 valence electrons. The van der Waals surface area contributed by atoms with E-state index in [2.05, 4.69) is 0 Å². The topological polar surface area (TPSA) is 110 Å². The normalized spacial score (nSPS) is 18.6. The predicted molar refractivity (Wildman–Crippen MR) is 68.2 cm³/mol. The third kappa shape index (κ3) is 2.94. The first-order valence-corrected chi connectivity index (χ1v) is 6.02. The first kappa shape index (κ1) is 14.0. The second kappa shape index (κ2) is 5.70. The van der Waals surface area contributed by atoms with Crippen molar-refractivity contribution < 1.29 is 24.2 Å². The van der Waals surface area contributed by atoms with Crippen LogP contribution in [0.1, 0.15) is 20.7 Å². The van der Waals surface area contributed by atoms with Crippen LogP contribution in [0.25, 0.3) is 0 Å². The zero-order valence-corrected chi connectivity index (χ0v) is 10.6. The number of carbonyl (C=O) groups is 3. The quantitative estimate of drug-likeness (QED) is 0.789. The van der Waals surface area contributed by atoms with E-state index in [0.29, 0.717) is 6.54 Å². The van der Waals surface area contributed by atoms with Gasteiger partial charge < -0.3 is 20.5 Å². The van der Waals surface area contributed by atoms with Crippen LogP contribution in [-0.4, -0.2) is 53.6 Å². The van der Waals surface area contributed by atoms with Crippen molar-refractivity contribution in [3.05, 3.63) is 35.4 Å². The summed E-state index contributed by atoms with van der Waals surface area (Å²) in [6.07, 6.45) is -0.824. The molecule has 1 unspecified atom stereocenters. The lowest BCUT2D eigenvalue weighted by Crippen LogP contribution is -2.50. The molecular formula is C13H14N2O5. The first-order valence-electron chi connectivity index (χ1n) is 6.02. The molecule has 0 aliphatic carbocycles. The third-order valence-electron chi connectivity index (χ3n) is 3.03. The fourth-order valence-electron chi connectivity index (χ4n) is 1.97. The fraction of sp³-hybridized carbons (Fsp3) is 0.308. The molecule has 0 bridgehead atoms. The van der Waals surface area contributed by atoms with Crippen LogP contribution < -0.4 is 5.73 Å². The molecule has 0 radical (unpaired) electrons. The van der Waals surface area contributed by atoms with Crippen molar-refractivity contribution in [3.63, 3.8) is 0 Å². The lowest BCUT2D eigenvalue weighted by atomic mass is 10.1. The van der Waals surface area contributed by atoms with Gasteiger partial charge in [-0.05, 0) is 18.2 Å². The van der Waals surface area contributed by atoms with Crippen LogP contribution >= 0.6 is 0 Å². The highest BCUT2D eigenvalue weighted by Crippen LogP contribution is 2.12. The van der Waals surface area contributed by atoms with E-state index in [-0.39, 0.29) is 30.2 Å². The molecule has 1 heterocycles. The molecule has 0 spiro atoms. The molecule has 0 aromatic heterocycles. The minimum absolute atomic E-state index is 0.0376. The molecule has 20 heavy (non-hydrogen) atoms. The van der Waals surface area contributed by atoms with Crippen LogP contribution in [0.4, 0.5) is 0 Å². The molecule has 3 N–H and O–H groups in total. The SMILES string of the molecule is NC(=O)C1CN(C(=O)c2cccc(C(=O)O)c2)CCO1. The highest BCUT2D eigenvalue weighted by atomic mass is 16.5. The molecule has 1 aromatic carbocycles. The number of hydrogen-bond donors (Lipinski definition) is 2. The van der Waals surface area contributed by atoms with E-state index in [9.17, 15) is 14.4 Å². The molecule has 1 aliphatic heterocycles. The number of carboxylic acid groups (broad SMARTS) is 1. The van der Waals surface area contributed by atoms with E-state index in [1.54, 1.807) is 0 Å². The number of nitrogens with zero attached hydrogens (tertiary/aromatic N) is 1. The van der Waals surface area contributed by atoms with Crippen LogP contribution in [0.2, 0.25) is 0 Å². The Labute approximate surface area is 114 Å². The van der Waals surface area contributed by atoms with Gasteiger partial charge in [0.25, 0.3) is 5.91 Å². The second-order valence-corrected chi connectivity index (χ2v) is 4.40. The fourth-order valence-corrected chi connectivity index (χ4v) is 1.97. The van der Waals surface area contributed by atoms with Crippen molar-refractivity contribution in [3.8, 4) is 0 Å². The van der Waals surface area contributed by atoms with E-state index in [1.165, 1.54) is 29.2 Å². The van der Waals surface area contributed by atoms with Gasteiger partial charge in [-0.1, -0.05) is 6.07 Å².